The zero-order chi connectivity index (χ0) is 13.0. The fourth-order valence-electron chi connectivity index (χ4n) is 1.45. The van der Waals surface area contributed by atoms with Gasteiger partial charge < -0.3 is 0 Å². The number of hydrogen-bond donors (Lipinski definition) is 0. The van der Waals surface area contributed by atoms with Crippen LogP contribution in [0.3, 0.4) is 0 Å². The van der Waals surface area contributed by atoms with E-state index >= 15 is 0 Å². The molecule has 2 aromatic rings. The minimum Gasteiger partial charge on any atom is -0.258 e. The smallest absolute Gasteiger partial charge is 0.258 e. The van der Waals surface area contributed by atoms with Crippen molar-refractivity contribution >= 4 is 17.4 Å². The number of benzene rings is 1. The molecule has 0 saturated heterocycles. The number of nitro benzene ring substituents is 1. The van der Waals surface area contributed by atoms with Crippen LogP contribution in [-0.4, -0.2) is 20.9 Å². The lowest BCUT2D eigenvalue weighted by Gasteiger charge is -2.01. The Bertz CT molecular complexity index is 540. The molecule has 18 heavy (non-hydrogen) atoms. The lowest BCUT2D eigenvalue weighted by atomic mass is 10.1. The molecule has 0 aliphatic carbocycles. The zero-order valence-electron chi connectivity index (χ0n) is 9.74. The van der Waals surface area contributed by atoms with Gasteiger partial charge in [-0.2, -0.15) is 0 Å². The van der Waals surface area contributed by atoms with Crippen LogP contribution >= 0.6 is 11.8 Å². The summed E-state index contributed by atoms with van der Waals surface area (Å²) in [6, 6.07) is 10.0. The van der Waals surface area contributed by atoms with E-state index in [-0.39, 0.29) is 5.69 Å². The van der Waals surface area contributed by atoms with Crippen LogP contribution in [0.15, 0.2) is 41.4 Å². The summed E-state index contributed by atoms with van der Waals surface area (Å²) >= 11 is 1.62. The highest BCUT2D eigenvalue weighted by Crippen LogP contribution is 2.21. The Morgan fingerprint density at radius 3 is 2.39 bits per heavy atom. The third-order valence-corrected chi connectivity index (χ3v) is 3.11. The third-order valence-electron chi connectivity index (χ3n) is 2.31. The molecule has 0 aliphatic rings. The van der Waals surface area contributed by atoms with Gasteiger partial charge in [-0.1, -0.05) is 6.92 Å². The number of aromatic nitrogens is 2. The van der Waals surface area contributed by atoms with Crippen LogP contribution < -0.4 is 0 Å². The second-order valence-corrected chi connectivity index (χ2v) is 4.78. The monoisotopic (exact) mass is 261 g/mol. The topological polar surface area (TPSA) is 68.9 Å². The molecule has 0 radical (unpaired) electrons. The number of rotatable bonds is 4. The first-order valence-corrected chi connectivity index (χ1v) is 6.40. The molecular formula is C12H11N3O2S. The van der Waals surface area contributed by atoms with Gasteiger partial charge in [0.05, 0.1) is 10.6 Å². The fraction of sp³-hybridized carbons (Fsp3) is 0.167. The van der Waals surface area contributed by atoms with E-state index in [2.05, 4.69) is 17.1 Å². The predicted molar refractivity (Wildman–Crippen MR) is 70.5 cm³/mol. The largest absolute Gasteiger partial charge is 0.269 e. The van der Waals surface area contributed by atoms with Gasteiger partial charge in [-0.15, -0.1) is 22.0 Å². The highest BCUT2D eigenvalue weighted by Gasteiger charge is 2.06. The van der Waals surface area contributed by atoms with Gasteiger partial charge in [-0.3, -0.25) is 10.1 Å². The zero-order valence-corrected chi connectivity index (χ0v) is 10.6. The predicted octanol–water partition coefficient (Wildman–Crippen LogP) is 3.16. The first-order chi connectivity index (χ1) is 8.70. The maximum atomic E-state index is 10.5. The van der Waals surface area contributed by atoms with Crippen molar-refractivity contribution in [1.29, 1.82) is 0 Å². The molecule has 0 fully saturated rings. The van der Waals surface area contributed by atoms with E-state index < -0.39 is 4.92 Å². The average Bonchev–Trinajstić information content (AvgIpc) is 2.40. The molecule has 0 saturated carbocycles. The molecular weight excluding hydrogens is 250 g/mol. The summed E-state index contributed by atoms with van der Waals surface area (Å²) < 4.78 is 0. The van der Waals surface area contributed by atoms with Crippen molar-refractivity contribution < 1.29 is 4.92 Å². The van der Waals surface area contributed by atoms with Crippen molar-refractivity contribution in [2.24, 2.45) is 0 Å². The molecule has 5 nitrogen and oxygen atoms in total. The molecule has 0 atom stereocenters. The first-order valence-electron chi connectivity index (χ1n) is 5.42. The molecule has 6 heteroatoms. The van der Waals surface area contributed by atoms with Gasteiger partial charge in [0.2, 0.25) is 0 Å². The van der Waals surface area contributed by atoms with Gasteiger partial charge in [0.1, 0.15) is 5.03 Å². The van der Waals surface area contributed by atoms with E-state index in [0.29, 0.717) is 5.69 Å². The van der Waals surface area contributed by atoms with E-state index in [0.717, 1.165) is 16.3 Å². The van der Waals surface area contributed by atoms with Gasteiger partial charge in [0.25, 0.3) is 5.69 Å². The van der Waals surface area contributed by atoms with Crippen molar-refractivity contribution in [2.75, 3.05) is 5.75 Å². The molecule has 0 unspecified atom stereocenters. The van der Waals surface area contributed by atoms with Crippen molar-refractivity contribution in [3.05, 3.63) is 46.5 Å². The molecule has 2 rings (SSSR count). The molecule has 1 aromatic carbocycles. The van der Waals surface area contributed by atoms with Crippen LogP contribution in [0.25, 0.3) is 11.3 Å². The van der Waals surface area contributed by atoms with E-state index in [9.17, 15) is 10.1 Å². The summed E-state index contributed by atoms with van der Waals surface area (Å²) in [5.74, 6) is 0.950. The third kappa shape index (κ3) is 2.84. The Kier molecular flexibility index (Phi) is 3.88. The van der Waals surface area contributed by atoms with E-state index in [1.165, 1.54) is 12.1 Å². The Morgan fingerprint density at radius 1 is 1.17 bits per heavy atom. The molecule has 1 aromatic heterocycles. The minimum absolute atomic E-state index is 0.0740. The van der Waals surface area contributed by atoms with Crippen LogP contribution in [-0.2, 0) is 0 Å². The van der Waals surface area contributed by atoms with E-state index in [1.807, 2.05) is 12.1 Å². The van der Waals surface area contributed by atoms with Gasteiger partial charge >= 0.3 is 0 Å². The van der Waals surface area contributed by atoms with Crippen LogP contribution in [0.2, 0.25) is 0 Å². The molecule has 0 spiro atoms. The highest BCUT2D eigenvalue weighted by atomic mass is 32.2. The van der Waals surface area contributed by atoms with Crippen molar-refractivity contribution in [1.82, 2.24) is 10.2 Å². The van der Waals surface area contributed by atoms with Gasteiger partial charge in [-0.05, 0) is 30.0 Å². The van der Waals surface area contributed by atoms with Gasteiger partial charge in [0, 0.05) is 17.7 Å². The van der Waals surface area contributed by atoms with Crippen molar-refractivity contribution in [2.45, 2.75) is 11.9 Å². The summed E-state index contributed by atoms with van der Waals surface area (Å²) in [4.78, 5) is 10.1. The number of hydrogen-bond acceptors (Lipinski definition) is 5. The Labute approximate surface area is 108 Å². The van der Waals surface area contributed by atoms with Gasteiger partial charge in [0.15, 0.2) is 0 Å². The van der Waals surface area contributed by atoms with Crippen LogP contribution in [0.4, 0.5) is 5.69 Å². The number of nitro groups is 1. The standard InChI is InChI=1S/C12H11N3O2S/c1-2-18-12-8-7-11(13-14-12)9-3-5-10(6-4-9)15(16)17/h3-8H,2H2,1H3. The number of thioether (sulfide) groups is 1. The Hall–Kier alpha value is -1.95. The quantitative estimate of drug-likeness (QED) is 0.480. The Morgan fingerprint density at radius 2 is 1.89 bits per heavy atom. The summed E-state index contributed by atoms with van der Waals surface area (Å²) in [6.45, 7) is 2.05. The SMILES string of the molecule is CCSc1ccc(-c2ccc([N+](=O)[O-])cc2)nn1. The summed E-state index contributed by atoms with van der Waals surface area (Å²) in [5, 5.41) is 19.6. The minimum atomic E-state index is -0.420. The molecule has 0 N–H and O–H groups in total. The summed E-state index contributed by atoms with van der Waals surface area (Å²) in [6.07, 6.45) is 0. The molecule has 0 amide bonds. The highest BCUT2D eigenvalue weighted by molar-refractivity contribution is 7.99. The van der Waals surface area contributed by atoms with Crippen LogP contribution in [0.5, 0.6) is 0 Å². The second kappa shape index (κ2) is 5.59. The normalized spacial score (nSPS) is 10.3. The van der Waals surface area contributed by atoms with Crippen molar-refractivity contribution in [3.8, 4) is 11.3 Å². The summed E-state index contributed by atoms with van der Waals surface area (Å²) in [7, 11) is 0. The molecule has 0 bridgehead atoms. The maximum Gasteiger partial charge on any atom is 0.269 e. The van der Waals surface area contributed by atoms with Gasteiger partial charge in [-0.25, -0.2) is 0 Å². The van der Waals surface area contributed by atoms with E-state index in [1.54, 1.807) is 23.9 Å². The van der Waals surface area contributed by atoms with Crippen LogP contribution in [0.1, 0.15) is 6.92 Å². The average molecular weight is 261 g/mol. The molecule has 92 valence electrons. The maximum absolute atomic E-state index is 10.5. The fourth-order valence-corrected chi connectivity index (χ4v) is 2.01. The lowest BCUT2D eigenvalue weighted by molar-refractivity contribution is -0.384. The number of nitrogens with zero attached hydrogens (tertiary/aromatic N) is 3. The lowest BCUT2D eigenvalue weighted by Crippen LogP contribution is -1.91. The Balaban J connectivity index is 2.23. The van der Waals surface area contributed by atoms with E-state index in [4.69, 9.17) is 0 Å². The second-order valence-electron chi connectivity index (χ2n) is 3.49. The number of non-ortho nitro benzene ring substituents is 1. The summed E-state index contributed by atoms with van der Waals surface area (Å²) in [5.41, 5.74) is 1.61. The first kappa shape index (κ1) is 12.5. The van der Waals surface area contributed by atoms with Crippen molar-refractivity contribution in [3.63, 3.8) is 0 Å². The molecule has 1 heterocycles. The van der Waals surface area contributed by atoms with Crippen LogP contribution in [0, 0.1) is 10.1 Å². The molecule has 0 aliphatic heterocycles.